The molecule has 1 aromatic rings. The number of nitrogens with zero attached hydrogens (tertiary/aromatic N) is 1. The Morgan fingerprint density at radius 3 is 2.54 bits per heavy atom. The van der Waals surface area contributed by atoms with Gasteiger partial charge in [0.15, 0.2) is 0 Å². The molecule has 24 heavy (non-hydrogen) atoms. The van der Waals surface area contributed by atoms with Gasteiger partial charge in [-0.25, -0.2) is 0 Å². The van der Waals surface area contributed by atoms with Crippen LogP contribution in [0.2, 0.25) is 5.02 Å². The van der Waals surface area contributed by atoms with Crippen LogP contribution in [-0.4, -0.2) is 67.2 Å². The average molecular weight is 355 g/mol. The molecule has 1 amide bonds. The van der Waals surface area contributed by atoms with Gasteiger partial charge in [0.1, 0.15) is 6.04 Å². The van der Waals surface area contributed by atoms with E-state index in [1.54, 1.807) is 24.3 Å². The summed E-state index contributed by atoms with van der Waals surface area (Å²) < 4.78 is 0. The molecule has 1 aromatic carbocycles. The summed E-state index contributed by atoms with van der Waals surface area (Å²) in [5, 5.41) is 18.7. The fraction of sp³-hybridized carbons (Fsp3) is 0.500. The molecule has 0 spiro atoms. The zero-order valence-corrected chi connectivity index (χ0v) is 14.2. The van der Waals surface area contributed by atoms with Gasteiger partial charge in [-0.3, -0.25) is 14.5 Å². The minimum Gasteiger partial charge on any atom is -0.480 e. The van der Waals surface area contributed by atoms with Gasteiger partial charge < -0.3 is 21.1 Å². The first kappa shape index (κ1) is 18.7. The zero-order chi connectivity index (χ0) is 17.4. The van der Waals surface area contributed by atoms with Crippen molar-refractivity contribution in [2.45, 2.75) is 12.5 Å². The van der Waals surface area contributed by atoms with Crippen LogP contribution >= 0.6 is 11.6 Å². The van der Waals surface area contributed by atoms with Crippen LogP contribution in [0, 0.1) is 0 Å². The first-order valence-corrected chi connectivity index (χ1v) is 8.37. The summed E-state index contributed by atoms with van der Waals surface area (Å²) in [6.07, 6.45) is -0.125. The normalized spacial score (nSPS) is 16.5. The molecule has 1 saturated heterocycles. The number of piperazine rings is 1. The smallest absolute Gasteiger partial charge is 0.321 e. The molecular weight excluding hydrogens is 332 g/mol. The van der Waals surface area contributed by atoms with Crippen molar-refractivity contribution in [3.63, 3.8) is 0 Å². The second-order valence-corrected chi connectivity index (χ2v) is 6.13. The third-order valence-electron chi connectivity index (χ3n) is 3.84. The highest BCUT2D eigenvalue weighted by Gasteiger charge is 2.21. The Morgan fingerprint density at radius 2 is 1.92 bits per heavy atom. The number of nitrogens with one attached hydrogen (secondary N) is 3. The van der Waals surface area contributed by atoms with Crippen LogP contribution in [-0.2, 0) is 9.59 Å². The first-order valence-electron chi connectivity index (χ1n) is 7.99. The van der Waals surface area contributed by atoms with E-state index in [2.05, 4.69) is 20.9 Å². The van der Waals surface area contributed by atoms with Crippen molar-refractivity contribution < 1.29 is 14.7 Å². The number of carbonyl (C=O) groups is 2. The summed E-state index contributed by atoms with van der Waals surface area (Å²) in [5.74, 6) is -1.37. The lowest BCUT2D eigenvalue weighted by Crippen LogP contribution is -2.48. The summed E-state index contributed by atoms with van der Waals surface area (Å²) in [5.41, 5.74) is 0.592. The number of carboxylic acid groups (broad SMARTS) is 1. The van der Waals surface area contributed by atoms with Crippen molar-refractivity contribution in [3.05, 3.63) is 29.3 Å². The Bertz CT molecular complexity index is 547. The Balaban J connectivity index is 1.76. The van der Waals surface area contributed by atoms with Crippen LogP contribution in [0.5, 0.6) is 0 Å². The van der Waals surface area contributed by atoms with Gasteiger partial charge in [0.2, 0.25) is 5.91 Å². The van der Waals surface area contributed by atoms with Crippen molar-refractivity contribution in [1.29, 1.82) is 0 Å². The van der Waals surface area contributed by atoms with Gasteiger partial charge in [0.05, 0.1) is 6.42 Å². The highest BCUT2D eigenvalue weighted by molar-refractivity contribution is 6.30. The predicted molar refractivity (Wildman–Crippen MR) is 93.4 cm³/mol. The fourth-order valence-electron chi connectivity index (χ4n) is 2.51. The van der Waals surface area contributed by atoms with Crippen LogP contribution in [0.25, 0.3) is 0 Å². The number of benzene rings is 1. The third kappa shape index (κ3) is 6.45. The number of carbonyl (C=O) groups excluding carboxylic acids is 1. The van der Waals surface area contributed by atoms with E-state index in [-0.39, 0.29) is 12.3 Å². The molecule has 1 aliphatic rings. The highest BCUT2D eigenvalue weighted by atomic mass is 35.5. The third-order valence-corrected chi connectivity index (χ3v) is 4.10. The maximum atomic E-state index is 12.0. The molecule has 0 aliphatic carbocycles. The van der Waals surface area contributed by atoms with E-state index < -0.39 is 12.0 Å². The maximum Gasteiger partial charge on any atom is 0.321 e. The van der Waals surface area contributed by atoms with Crippen molar-refractivity contribution in [2.24, 2.45) is 0 Å². The summed E-state index contributed by atoms with van der Waals surface area (Å²) in [6, 6.07) is 5.77. The van der Waals surface area contributed by atoms with Crippen molar-refractivity contribution >= 4 is 29.2 Å². The Kier molecular flexibility index (Phi) is 7.45. The Labute approximate surface area is 146 Å². The zero-order valence-electron chi connectivity index (χ0n) is 13.4. The molecule has 1 heterocycles. The van der Waals surface area contributed by atoms with E-state index in [9.17, 15) is 14.7 Å². The molecule has 7 nitrogen and oxygen atoms in total. The van der Waals surface area contributed by atoms with Crippen LogP contribution in [0.3, 0.4) is 0 Å². The summed E-state index contributed by atoms with van der Waals surface area (Å²) in [6.45, 7) is 5.11. The molecule has 1 aliphatic heterocycles. The first-order chi connectivity index (χ1) is 11.5. The Hall–Kier alpha value is -1.67. The summed E-state index contributed by atoms with van der Waals surface area (Å²) in [4.78, 5) is 25.6. The van der Waals surface area contributed by atoms with E-state index in [0.29, 0.717) is 17.3 Å². The molecule has 0 saturated carbocycles. The number of hydrogen-bond donors (Lipinski definition) is 4. The van der Waals surface area contributed by atoms with Gasteiger partial charge in [0.25, 0.3) is 0 Å². The van der Waals surface area contributed by atoms with Gasteiger partial charge in [-0.2, -0.15) is 0 Å². The molecule has 0 bridgehead atoms. The number of anilines is 1. The Morgan fingerprint density at radius 1 is 1.25 bits per heavy atom. The SMILES string of the molecule is O=C(C[C@H](NCCN1CCNCC1)C(=O)O)Nc1ccc(Cl)cc1. The maximum absolute atomic E-state index is 12.0. The molecule has 132 valence electrons. The van der Waals surface area contributed by atoms with Crippen LogP contribution in [0.1, 0.15) is 6.42 Å². The van der Waals surface area contributed by atoms with E-state index in [1.807, 2.05) is 0 Å². The number of aliphatic carboxylic acids is 1. The number of hydrogen-bond acceptors (Lipinski definition) is 5. The number of carboxylic acids is 1. The van der Waals surface area contributed by atoms with Gasteiger partial charge in [-0.05, 0) is 24.3 Å². The number of amides is 1. The molecule has 2 rings (SSSR count). The van der Waals surface area contributed by atoms with Crippen molar-refractivity contribution in [3.8, 4) is 0 Å². The van der Waals surface area contributed by atoms with Crippen molar-refractivity contribution in [2.75, 3.05) is 44.6 Å². The lowest BCUT2D eigenvalue weighted by molar-refractivity contribution is -0.141. The minimum atomic E-state index is -1.03. The van der Waals surface area contributed by atoms with Gasteiger partial charge in [0, 0.05) is 50.0 Å². The van der Waals surface area contributed by atoms with E-state index >= 15 is 0 Å². The largest absolute Gasteiger partial charge is 0.480 e. The van der Waals surface area contributed by atoms with Gasteiger partial charge in [-0.1, -0.05) is 11.6 Å². The number of halogens is 1. The quantitative estimate of drug-likeness (QED) is 0.547. The molecular formula is C16H23ClN4O3. The highest BCUT2D eigenvalue weighted by Crippen LogP contribution is 2.13. The van der Waals surface area contributed by atoms with Crippen molar-refractivity contribution in [1.82, 2.24) is 15.5 Å². The van der Waals surface area contributed by atoms with E-state index in [1.165, 1.54) is 0 Å². The average Bonchev–Trinajstić information content (AvgIpc) is 2.57. The molecule has 0 unspecified atom stereocenters. The monoisotopic (exact) mass is 354 g/mol. The molecule has 1 fully saturated rings. The molecule has 8 heteroatoms. The summed E-state index contributed by atoms with van der Waals surface area (Å²) >= 11 is 5.79. The summed E-state index contributed by atoms with van der Waals surface area (Å²) in [7, 11) is 0. The van der Waals surface area contributed by atoms with E-state index in [4.69, 9.17) is 11.6 Å². The molecule has 1 atom stereocenters. The minimum absolute atomic E-state index is 0.125. The van der Waals surface area contributed by atoms with Gasteiger partial charge >= 0.3 is 5.97 Å². The fourth-order valence-corrected chi connectivity index (χ4v) is 2.64. The number of rotatable bonds is 8. The standard InChI is InChI=1S/C16H23ClN4O3/c17-12-1-3-13(4-2-12)20-15(22)11-14(16(23)24)19-7-10-21-8-5-18-6-9-21/h1-4,14,18-19H,5-11H2,(H,20,22)(H,23,24)/t14-/m0/s1. The van der Waals surface area contributed by atoms with Crippen LogP contribution in [0.15, 0.2) is 24.3 Å². The van der Waals surface area contributed by atoms with Crippen LogP contribution in [0.4, 0.5) is 5.69 Å². The van der Waals surface area contributed by atoms with Crippen LogP contribution < -0.4 is 16.0 Å². The van der Waals surface area contributed by atoms with Gasteiger partial charge in [-0.15, -0.1) is 0 Å². The van der Waals surface area contributed by atoms with E-state index in [0.717, 1.165) is 32.7 Å². The lowest BCUT2D eigenvalue weighted by atomic mass is 10.2. The lowest BCUT2D eigenvalue weighted by Gasteiger charge is -2.27. The second kappa shape index (κ2) is 9.58. The molecule has 4 N–H and O–H groups in total. The predicted octanol–water partition coefficient (Wildman–Crippen LogP) is 0.617. The molecule has 0 radical (unpaired) electrons. The topological polar surface area (TPSA) is 93.7 Å². The molecule has 0 aromatic heterocycles. The second-order valence-electron chi connectivity index (χ2n) is 5.70.